The van der Waals surface area contributed by atoms with Crippen LogP contribution >= 0.6 is 34.8 Å². The molecule has 0 spiro atoms. The molecule has 0 radical (unpaired) electrons. The summed E-state index contributed by atoms with van der Waals surface area (Å²) in [5.41, 5.74) is -1.22. The highest BCUT2D eigenvalue weighted by Crippen LogP contribution is 2.40. The molecule has 0 aromatic heterocycles. The molecule has 11 heteroatoms. The minimum absolute atomic E-state index is 0.386. The lowest BCUT2D eigenvalue weighted by atomic mass is 9.99. The van der Waals surface area contributed by atoms with Gasteiger partial charge in [-0.05, 0) is 40.5 Å². The number of rotatable bonds is 18. The molecule has 0 aromatic carbocycles. The van der Waals surface area contributed by atoms with Gasteiger partial charge in [0.15, 0.2) is 0 Å². The number of alkyl halides is 3. The zero-order valence-corrected chi connectivity index (χ0v) is 24.3. The van der Waals surface area contributed by atoms with Crippen molar-refractivity contribution in [1.29, 1.82) is 0 Å². The minimum Gasteiger partial charge on any atom is -0.465 e. The SMILES string of the molecule is CCCCCCCCCC(C)(O)C(Cl)(Cl)Cl.CCO[Si](CCCNC(=O)O)(OCC)OCC. The Hall–Kier alpha value is 0.197. The molecule has 3 N–H and O–H groups in total. The Labute approximate surface area is 217 Å². The summed E-state index contributed by atoms with van der Waals surface area (Å²) in [7, 11) is -2.60. The number of halogens is 3. The van der Waals surface area contributed by atoms with E-state index >= 15 is 0 Å². The quantitative estimate of drug-likeness (QED) is 0.0964. The fraction of sp³-hybridized carbons (Fsp3) is 0.955. The summed E-state index contributed by atoms with van der Waals surface area (Å²) in [5.74, 6) is 0. The molecule has 0 aliphatic rings. The topological polar surface area (TPSA) is 97.3 Å². The van der Waals surface area contributed by atoms with Crippen LogP contribution in [-0.2, 0) is 13.3 Å². The van der Waals surface area contributed by atoms with E-state index in [1.807, 2.05) is 20.8 Å². The van der Waals surface area contributed by atoms with E-state index in [1.165, 1.54) is 32.1 Å². The average Bonchev–Trinajstić information content (AvgIpc) is 2.71. The van der Waals surface area contributed by atoms with Crippen molar-refractivity contribution in [3.05, 3.63) is 0 Å². The Kier molecular flexibility index (Phi) is 21.9. The van der Waals surface area contributed by atoms with E-state index in [2.05, 4.69) is 12.2 Å². The Morgan fingerprint density at radius 1 is 0.848 bits per heavy atom. The summed E-state index contributed by atoms with van der Waals surface area (Å²) in [6, 6.07) is 0.628. The summed E-state index contributed by atoms with van der Waals surface area (Å²) in [6.45, 7) is 11.5. The van der Waals surface area contributed by atoms with Crippen molar-refractivity contribution in [2.45, 2.75) is 108 Å². The summed E-state index contributed by atoms with van der Waals surface area (Å²) in [4.78, 5) is 10.3. The molecule has 1 atom stereocenters. The van der Waals surface area contributed by atoms with Crippen molar-refractivity contribution in [3.8, 4) is 0 Å². The summed E-state index contributed by atoms with van der Waals surface area (Å²) < 4.78 is 15.3. The predicted molar refractivity (Wildman–Crippen MR) is 140 cm³/mol. The zero-order valence-electron chi connectivity index (χ0n) is 21.1. The molecular weight excluding hydrogens is 509 g/mol. The van der Waals surface area contributed by atoms with E-state index in [0.29, 0.717) is 45.3 Å². The van der Waals surface area contributed by atoms with Gasteiger partial charge in [-0.2, -0.15) is 0 Å². The number of unbranched alkanes of at least 4 members (excludes halogenated alkanes) is 6. The van der Waals surface area contributed by atoms with Crippen molar-refractivity contribution in [2.24, 2.45) is 0 Å². The molecule has 0 fully saturated rings. The molecule has 0 heterocycles. The van der Waals surface area contributed by atoms with Crippen LogP contribution in [0.2, 0.25) is 6.04 Å². The second-order valence-corrected chi connectivity index (χ2v) is 13.0. The van der Waals surface area contributed by atoms with E-state index in [9.17, 15) is 9.90 Å². The molecule has 0 aliphatic heterocycles. The summed E-state index contributed by atoms with van der Waals surface area (Å²) in [6.07, 6.45) is 8.54. The van der Waals surface area contributed by atoms with Crippen LogP contribution in [0.1, 0.15) is 92.4 Å². The van der Waals surface area contributed by atoms with Crippen molar-refractivity contribution in [1.82, 2.24) is 5.32 Å². The summed E-state index contributed by atoms with van der Waals surface area (Å²) >= 11 is 17.1. The van der Waals surface area contributed by atoms with Crippen molar-refractivity contribution in [2.75, 3.05) is 26.4 Å². The number of aliphatic hydroxyl groups is 1. The van der Waals surface area contributed by atoms with Gasteiger partial charge in [-0.1, -0.05) is 86.7 Å². The van der Waals surface area contributed by atoms with Gasteiger partial charge in [0.25, 0.3) is 0 Å². The first kappa shape index (κ1) is 35.4. The van der Waals surface area contributed by atoms with Gasteiger partial charge >= 0.3 is 14.9 Å². The maximum Gasteiger partial charge on any atom is 0.500 e. The third-order valence-electron chi connectivity index (χ3n) is 4.91. The highest BCUT2D eigenvalue weighted by atomic mass is 35.6. The number of carboxylic acid groups (broad SMARTS) is 1. The van der Waals surface area contributed by atoms with Gasteiger partial charge < -0.3 is 28.8 Å². The van der Waals surface area contributed by atoms with Crippen LogP contribution in [0.15, 0.2) is 0 Å². The van der Waals surface area contributed by atoms with Crippen LogP contribution in [0.3, 0.4) is 0 Å². The van der Waals surface area contributed by atoms with Gasteiger partial charge in [0.05, 0.1) is 0 Å². The van der Waals surface area contributed by atoms with E-state index in [0.717, 1.165) is 12.8 Å². The fourth-order valence-electron chi connectivity index (χ4n) is 3.07. The third-order valence-corrected chi connectivity index (χ3v) is 9.28. The van der Waals surface area contributed by atoms with E-state index in [4.69, 9.17) is 53.2 Å². The molecule has 1 amide bonds. The van der Waals surface area contributed by atoms with Crippen LogP contribution in [0, 0.1) is 0 Å². The number of nitrogens with one attached hydrogen (secondary N) is 1. The lowest BCUT2D eigenvalue weighted by molar-refractivity contribution is 0.0519. The highest BCUT2D eigenvalue weighted by molar-refractivity contribution is 6.68. The number of hydrogen-bond acceptors (Lipinski definition) is 5. The van der Waals surface area contributed by atoms with Crippen LogP contribution in [0.25, 0.3) is 0 Å². The first-order valence-electron chi connectivity index (χ1n) is 12.1. The third kappa shape index (κ3) is 19.1. The normalized spacial score (nSPS) is 13.7. The Morgan fingerprint density at radius 2 is 1.30 bits per heavy atom. The molecule has 0 rings (SSSR count). The molecule has 7 nitrogen and oxygen atoms in total. The van der Waals surface area contributed by atoms with Gasteiger partial charge in [0, 0.05) is 32.4 Å². The molecule has 0 bridgehead atoms. The molecule has 0 aliphatic carbocycles. The van der Waals surface area contributed by atoms with Gasteiger partial charge in [-0.25, -0.2) is 4.79 Å². The van der Waals surface area contributed by atoms with Gasteiger partial charge in [0.1, 0.15) is 5.60 Å². The Bertz CT molecular complexity index is 465. The van der Waals surface area contributed by atoms with Crippen LogP contribution in [-0.4, -0.2) is 60.9 Å². The molecule has 0 saturated heterocycles. The predicted octanol–water partition coefficient (Wildman–Crippen LogP) is 6.94. The van der Waals surface area contributed by atoms with Crippen LogP contribution < -0.4 is 5.32 Å². The van der Waals surface area contributed by atoms with Gasteiger partial charge in [-0.15, -0.1) is 0 Å². The second kappa shape index (κ2) is 20.4. The average molecular weight is 555 g/mol. The maximum atomic E-state index is 10.3. The van der Waals surface area contributed by atoms with Gasteiger partial charge in [-0.3, -0.25) is 0 Å². The first-order chi connectivity index (χ1) is 15.4. The van der Waals surface area contributed by atoms with E-state index in [-0.39, 0.29) is 0 Å². The van der Waals surface area contributed by atoms with Crippen molar-refractivity contribution < 1.29 is 28.3 Å². The van der Waals surface area contributed by atoms with E-state index < -0.39 is 24.3 Å². The number of hydrogen-bond donors (Lipinski definition) is 3. The summed E-state index contributed by atoms with van der Waals surface area (Å²) in [5, 5.41) is 20.7. The van der Waals surface area contributed by atoms with Crippen LogP contribution in [0.5, 0.6) is 0 Å². The molecule has 0 aromatic rings. The lowest BCUT2D eigenvalue weighted by Crippen LogP contribution is -2.46. The fourth-order valence-corrected chi connectivity index (χ4v) is 5.97. The zero-order chi connectivity index (χ0) is 25.8. The Morgan fingerprint density at radius 3 is 1.70 bits per heavy atom. The molecular formula is C22H46Cl3NO6Si. The van der Waals surface area contributed by atoms with Crippen molar-refractivity contribution in [3.63, 3.8) is 0 Å². The smallest absolute Gasteiger partial charge is 0.465 e. The largest absolute Gasteiger partial charge is 0.500 e. The van der Waals surface area contributed by atoms with E-state index in [1.54, 1.807) is 6.92 Å². The minimum atomic E-state index is -2.60. The molecule has 33 heavy (non-hydrogen) atoms. The highest BCUT2D eigenvalue weighted by Gasteiger charge is 2.42. The Balaban J connectivity index is 0. The number of carbonyl (C=O) groups is 1. The first-order valence-corrected chi connectivity index (χ1v) is 15.2. The van der Waals surface area contributed by atoms with Gasteiger partial charge in [0.2, 0.25) is 3.79 Å². The lowest BCUT2D eigenvalue weighted by Gasteiger charge is -2.30. The van der Waals surface area contributed by atoms with Crippen LogP contribution in [0.4, 0.5) is 4.79 Å². The maximum absolute atomic E-state index is 10.3. The standard InChI is InChI=1S/C12H23Cl3O.C10H23NO5Si/c1-3-4-5-6-7-8-9-10-11(2,16)12(13,14)15;1-4-14-17(15-5-2,16-6-3)9-7-8-11-10(12)13/h16H,3-10H2,1-2H3;11H,4-9H2,1-3H3,(H,12,13). The second-order valence-electron chi connectivity index (χ2n) is 7.96. The molecule has 0 saturated carbocycles. The number of amides is 1. The molecule has 1 unspecified atom stereocenters. The molecule has 200 valence electrons. The van der Waals surface area contributed by atoms with Crippen molar-refractivity contribution >= 4 is 49.7 Å². The monoisotopic (exact) mass is 553 g/mol.